The zero-order valence-corrected chi connectivity index (χ0v) is 13.6. The summed E-state index contributed by atoms with van der Waals surface area (Å²) in [5, 5.41) is 3.67. The highest BCUT2D eigenvalue weighted by molar-refractivity contribution is 4.94. The van der Waals surface area contributed by atoms with E-state index in [9.17, 15) is 0 Å². The van der Waals surface area contributed by atoms with Crippen LogP contribution >= 0.6 is 0 Å². The Balaban J connectivity index is 1.58. The molecule has 1 saturated heterocycles. The van der Waals surface area contributed by atoms with Crippen LogP contribution in [0.3, 0.4) is 0 Å². The van der Waals surface area contributed by atoms with Crippen LogP contribution in [0.1, 0.15) is 32.6 Å². The Hall–Kier alpha value is -0.200. The van der Waals surface area contributed by atoms with Crippen LogP contribution in [0.15, 0.2) is 0 Å². The van der Waals surface area contributed by atoms with E-state index in [-0.39, 0.29) is 5.41 Å². The van der Waals surface area contributed by atoms with Crippen LogP contribution in [-0.2, 0) is 18.9 Å². The molecular formula is C16H31NO4. The molecule has 0 spiro atoms. The fourth-order valence-electron chi connectivity index (χ4n) is 2.84. The van der Waals surface area contributed by atoms with Gasteiger partial charge >= 0.3 is 0 Å². The number of rotatable bonds is 12. The maximum Gasteiger partial charge on any atom is 0.0701 e. The zero-order chi connectivity index (χ0) is 15.0. The topological polar surface area (TPSA) is 49.0 Å². The minimum atomic E-state index is 0.250. The summed E-state index contributed by atoms with van der Waals surface area (Å²) in [6, 6.07) is 0.754. The first kappa shape index (κ1) is 17.2. The second-order valence-corrected chi connectivity index (χ2v) is 6.25. The van der Waals surface area contributed by atoms with E-state index >= 15 is 0 Å². The Morgan fingerprint density at radius 3 is 2.43 bits per heavy atom. The average Bonchev–Trinajstić information content (AvgIpc) is 3.25. The zero-order valence-electron chi connectivity index (χ0n) is 13.6. The van der Waals surface area contributed by atoms with E-state index < -0.39 is 0 Å². The highest BCUT2D eigenvalue weighted by Gasteiger charge is 2.41. The summed E-state index contributed by atoms with van der Waals surface area (Å²) in [6.07, 6.45) is 5.19. The Bertz CT molecular complexity index is 285. The second-order valence-electron chi connectivity index (χ2n) is 6.25. The first-order valence-corrected chi connectivity index (χ1v) is 8.26. The van der Waals surface area contributed by atoms with Gasteiger partial charge in [0.25, 0.3) is 0 Å². The first-order chi connectivity index (χ1) is 10.3. The summed E-state index contributed by atoms with van der Waals surface area (Å²) in [5.74, 6) is 0. The third-order valence-electron chi connectivity index (χ3n) is 4.70. The van der Waals surface area contributed by atoms with Crippen LogP contribution in [0.2, 0.25) is 0 Å². The molecule has 2 aliphatic rings. The van der Waals surface area contributed by atoms with Crippen LogP contribution in [-0.4, -0.2) is 65.4 Å². The monoisotopic (exact) mass is 301 g/mol. The Labute approximate surface area is 128 Å². The summed E-state index contributed by atoms with van der Waals surface area (Å²) in [7, 11) is 1.68. The molecule has 5 heteroatoms. The third kappa shape index (κ3) is 5.83. The molecular weight excluding hydrogens is 270 g/mol. The van der Waals surface area contributed by atoms with E-state index in [0.29, 0.717) is 32.5 Å². The molecule has 1 aliphatic heterocycles. The van der Waals surface area contributed by atoms with Crippen molar-refractivity contribution in [2.24, 2.45) is 5.41 Å². The molecule has 5 nitrogen and oxygen atoms in total. The molecule has 0 aromatic carbocycles. The molecule has 1 heterocycles. The molecule has 2 atom stereocenters. The lowest BCUT2D eigenvalue weighted by Crippen LogP contribution is -2.41. The third-order valence-corrected chi connectivity index (χ3v) is 4.70. The van der Waals surface area contributed by atoms with Crippen molar-refractivity contribution in [3.63, 3.8) is 0 Å². The van der Waals surface area contributed by atoms with Gasteiger partial charge in [-0.15, -0.1) is 0 Å². The van der Waals surface area contributed by atoms with Crippen molar-refractivity contribution in [3.05, 3.63) is 0 Å². The van der Waals surface area contributed by atoms with Crippen LogP contribution in [0.5, 0.6) is 0 Å². The number of hydrogen-bond acceptors (Lipinski definition) is 5. The van der Waals surface area contributed by atoms with Crippen molar-refractivity contribution in [3.8, 4) is 0 Å². The van der Waals surface area contributed by atoms with E-state index in [1.54, 1.807) is 7.11 Å². The lowest BCUT2D eigenvalue weighted by atomic mass is 9.78. The van der Waals surface area contributed by atoms with E-state index in [4.69, 9.17) is 18.9 Å². The summed E-state index contributed by atoms with van der Waals surface area (Å²) in [6.45, 7) is 7.52. The van der Waals surface area contributed by atoms with Gasteiger partial charge in [0.15, 0.2) is 0 Å². The van der Waals surface area contributed by atoms with Crippen LogP contribution in [0.4, 0.5) is 0 Å². The highest BCUT2D eigenvalue weighted by atomic mass is 16.5. The summed E-state index contributed by atoms with van der Waals surface area (Å²) >= 11 is 0. The lowest BCUT2D eigenvalue weighted by molar-refractivity contribution is 0.00448. The van der Waals surface area contributed by atoms with Gasteiger partial charge in [-0.2, -0.15) is 0 Å². The Kier molecular flexibility index (Phi) is 7.40. The van der Waals surface area contributed by atoms with E-state index in [1.807, 2.05) is 0 Å². The van der Waals surface area contributed by atoms with Gasteiger partial charge in [-0.25, -0.2) is 0 Å². The first-order valence-electron chi connectivity index (χ1n) is 8.26. The van der Waals surface area contributed by atoms with Crippen LogP contribution < -0.4 is 5.32 Å². The summed E-state index contributed by atoms with van der Waals surface area (Å²) < 4.78 is 21.9. The molecule has 2 unspecified atom stereocenters. The molecule has 1 aliphatic carbocycles. The Morgan fingerprint density at radius 2 is 1.81 bits per heavy atom. The SMILES string of the molecule is COCCOCCOCCC1(CNC2CC2)CCOC1C. The van der Waals surface area contributed by atoms with Crippen molar-refractivity contribution in [2.75, 3.05) is 53.3 Å². The van der Waals surface area contributed by atoms with Crippen molar-refractivity contribution < 1.29 is 18.9 Å². The van der Waals surface area contributed by atoms with Crippen molar-refractivity contribution in [2.45, 2.75) is 44.8 Å². The van der Waals surface area contributed by atoms with Gasteiger partial charge in [0.2, 0.25) is 0 Å². The van der Waals surface area contributed by atoms with Gasteiger partial charge in [0, 0.05) is 38.3 Å². The van der Waals surface area contributed by atoms with Gasteiger partial charge in [-0.1, -0.05) is 0 Å². The van der Waals surface area contributed by atoms with Crippen LogP contribution in [0.25, 0.3) is 0 Å². The van der Waals surface area contributed by atoms with Gasteiger partial charge in [0.05, 0.1) is 32.5 Å². The molecule has 124 valence electrons. The van der Waals surface area contributed by atoms with Gasteiger partial charge in [0.1, 0.15) is 0 Å². The molecule has 0 aromatic rings. The Morgan fingerprint density at radius 1 is 1.10 bits per heavy atom. The fraction of sp³-hybridized carbons (Fsp3) is 1.00. The number of hydrogen-bond donors (Lipinski definition) is 1. The van der Waals surface area contributed by atoms with E-state index in [2.05, 4.69) is 12.2 Å². The van der Waals surface area contributed by atoms with E-state index in [0.717, 1.165) is 38.6 Å². The minimum Gasteiger partial charge on any atom is -0.382 e. The maximum atomic E-state index is 5.81. The van der Waals surface area contributed by atoms with E-state index in [1.165, 1.54) is 12.8 Å². The lowest BCUT2D eigenvalue weighted by Gasteiger charge is -2.32. The molecule has 2 fully saturated rings. The molecule has 0 bridgehead atoms. The van der Waals surface area contributed by atoms with Crippen molar-refractivity contribution >= 4 is 0 Å². The summed E-state index contributed by atoms with van der Waals surface area (Å²) in [4.78, 5) is 0. The van der Waals surface area contributed by atoms with Gasteiger partial charge in [-0.3, -0.25) is 0 Å². The molecule has 0 amide bonds. The standard InChI is InChI=1S/C16H31NO4/c1-14-16(6-8-21-14,13-17-15-3-4-15)5-7-19-11-12-20-10-9-18-2/h14-15,17H,3-13H2,1-2H3. The molecule has 2 rings (SSSR count). The largest absolute Gasteiger partial charge is 0.382 e. The van der Waals surface area contributed by atoms with Gasteiger partial charge in [-0.05, 0) is 32.6 Å². The van der Waals surface area contributed by atoms with Gasteiger partial charge < -0.3 is 24.3 Å². The summed E-state index contributed by atoms with van der Waals surface area (Å²) in [5.41, 5.74) is 0.250. The maximum absolute atomic E-state index is 5.81. The molecule has 1 N–H and O–H groups in total. The number of ether oxygens (including phenoxy) is 4. The second kappa shape index (κ2) is 9.06. The molecule has 1 saturated carbocycles. The van der Waals surface area contributed by atoms with Crippen LogP contribution in [0, 0.1) is 5.41 Å². The molecule has 0 aromatic heterocycles. The molecule has 21 heavy (non-hydrogen) atoms. The number of methoxy groups -OCH3 is 1. The highest BCUT2D eigenvalue weighted by Crippen LogP contribution is 2.38. The quantitative estimate of drug-likeness (QED) is 0.555. The minimum absolute atomic E-state index is 0.250. The predicted molar refractivity (Wildman–Crippen MR) is 81.6 cm³/mol. The van der Waals surface area contributed by atoms with Crippen molar-refractivity contribution in [1.82, 2.24) is 5.32 Å². The normalized spacial score (nSPS) is 29.1. The van der Waals surface area contributed by atoms with Crippen molar-refractivity contribution in [1.29, 1.82) is 0 Å². The molecule has 0 radical (unpaired) electrons. The smallest absolute Gasteiger partial charge is 0.0701 e. The fourth-order valence-corrected chi connectivity index (χ4v) is 2.84. The average molecular weight is 301 g/mol. The number of nitrogens with one attached hydrogen (secondary N) is 1. The predicted octanol–water partition coefficient (Wildman–Crippen LogP) is 1.60.